The molecule has 122 valence electrons. The molecule has 0 bridgehead atoms. The average molecular weight is 427 g/mol. The summed E-state index contributed by atoms with van der Waals surface area (Å²) < 4.78 is 16.4. The summed E-state index contributed by atoms with van der Waals surface area (Å²) in [5.74, 6) is 0.589. The van der Waals surface area contributed by atoms with Gasteiger partial charge in [0.15, 0.2) is 0 Å². The first kappa shape index (κ1) is 16.4. The van der Waals surface area contributed by atoms with Crippen LogP contribution in [0.25, 0.3) is 0 Å². The van der Waals surface area contributed by atoms with Crippen molar-refractivity contribution in [3.05, 3.63) is 51.4 Å². The second-order valence-electron chi connectivity index (χ2n) is 5.78. The molecule has 1 saturated heterocycles. The number of imidazole rings is 1. The molecule has 1 aromatic heterocycles. The smallest absolute Gasteiger partial charge is 0.255 e. The fourth-order valence-electron chi connectivity index (χ4n) is 3.15. The van der Waals surface area contributed by atoms with E-state index in [4.69, 9.17) is 0 Å². The van der Waals surface area contributed by atoms with Gasteiger partial charge in [0.1, 0.15) is 11.6 Å². The molecule has 1 unspecified atom stereocenters. The highest BCUT2D eigenvalue weighted by Crippen LogP contribution is 2.25. The third-order valence-corrected chi connectivity index (χ3v) is 5.24. The quantitative estimate of drug-likeness (QED) is 0.702. The first-order valence-electron chi connectivity index (χ1n) is 7.86. The van der Waals surface area contributed by atoms with Gasteiger partial charge in [-0.3, -0.25) is 4.79 Å². The van der Waals surface area contributed by atoms with Gasteiger partial charge in [0.2, 0.25) is 0 Å². The molecule has 1 aliphatic rings. The van der Waals surface area contributed by atoms with Crippen LogP contribution in [0.4, 0.5) is 4.39 Å². The SMILES string of the molecule is CCc1nccn1C1CCCN(C(=O)c2cc(F)ccc2I)C1. The van der Waals surface area contributed by atoms with Gasteiger partial charge in [-0.15, -0.1) is 0 Å². The Labute approximate surface area is 148 Å². The van der Waals surface area contributed by atoms with Crippen molar-refractivity contribution in [1.82, 2.24) is 14.5 Å². The predicted molar refractivity (Wildman–Crippen MR) is 94.9 cm³/mol. The van der Waals surface area contributed by atoms with E-state index in [1.54, 1.807) is 6.07 Å². The molecule has 2 heterocycles. The van der Waals surface area contributed by atoms with Gasteiger partial charge in [-0.1, -0.05) is 6.92 Å². The van der Waals surface area contributed by atoms with Crippen LogP contribution in [0, 0.1) is 9.39 Å². The van der Waals surface area contributed by atoms with Crippen molar-refractivity contribution in [3.8, 4) is 0 Å². The molecule has 1 amide bonds. The summed E-state index contributed by atoms with van der Waals surface area (Å²) in [6.45, 7) is 3.45. The fraction of sp³-hybridized carbons (Fsp3) is 0.412. The monoisotopic (exact) mass is 427 g/mol. The minimum absolute atomic E-state index is 0.0863. The number of amides is 1. The van der Waals surface area contributed by atoms with Gasteiger partial charge in [-0.2, -0.15) is 0 Å². The van der Waals surface area contributed by atoms with E-state index in [0.29, 0.717) is 12.1 Å². The number of hydrogen-bond donors (Lipinski definition) is 0. The third kappa shape index (κ3) is 3.41. The molecule has 3 rings (SSSR count). The number of rotatable bonds is 3. The minimum atomic E-state index is -0.370. The Morgan fingerprint density at radius 2 is 2.30 bits per heavy atom. The van der Waals surface area contributed by atoms with E-state index in [1.807, 2.05) is 17.3 Å². The van der Waals surface area contributed by atoms with E-state index in [0.717, 1.165) is 35.2 Å². The van der Waals surface area contributed by atoms with Crippen LogP contribution >= 0.6 is 22.6 Å². The second-order valence-corrected chi connectivity index (χ2v) is 6.94. The molecule has 2 aromatic rings. The summed E-state index contributed by atoms with van der Waals surface area (Å²) in [5, 5.41) is 0. The Kier molecular flexibility index (Phi) is 4.99. The van der Waals surface area contributed by atoms with Crippen molar-refractivity contribution in [2.75, 3.05) is 13.1 Å². The van der Waals surface area contributed by atoms with E-state index < -0.39 is 0 Å². The van der Waals surface area contributed by atoms with Crippen molar-refractivity contribution < 1.29 is 9.18 Å². The highest BCUT2D eigenvalue weighted by Gasteiger charge is 2.27. The van der Waals surface area contributed by atoms with Crippen LogP contribution in [0.2, 0.25) is 0 Å². The summed E-state index contributed by atoms with van der Waals surface area (Å²) in [4.78, 5) is 19.0. The maximum Gasteiger partial charge on any atom is 0.255 e. The maximum absolute atomic E-state index is 13.5. The van der Waals surface area contributed by atoms with E-state index >= 15 is 0 Å². The van der Waals surface area contributed by atoms with E-state index in [2.05, 4.69) is 39.1 Å². The predicted octanol–water partition coefficient (Wildman–Crippen LogP) is 3.67. The van der Waals surface area contributed by atoms with Crippen molar-refractivity contribution in [2.45, 2.75) is 32.2 Å². The van der Waals surface area contributed by atoms with Gasteiger partial charge >= 0.3 is 0 Å². The molecule has 0 radical (unpaired) electrons. The molecule has 1 aromatic carbocycles. The van der Waals surface area contributed by atoms with E-state index in [9.17, 15) is 9.18 Å². The van der Waals surface area contributed by atoms with Crippen molar-refractivity contribution in [3.63, 3.8) is 0 Å². The Bertz CT molecular complexity index is 716. The molecule has 0 aliphatic carbocycles. The van der Waals surface area contributed by atoms with Gasteiger partial charge in [0.05, 0.1) is 11.6 Å². The Morgan fingerprint density at radius 3 is 3.09 bits per heavy atom. The van der Waals surface area contributed by atoms with Crippen LogP contribution in [0.1, 0.15) is 42.0 Å². The first-order valence-corrected chi connectivity index (χ1v) is 8.94. The Morgan fingerprint density at radius 1 is 1.48 bits per heavy atom. The molecule has 1 fully saturated rings. The standard InChI is InChI=1S/C17H19FIN3O/c1-2-16-20-7-9-22(16)13-4-3-8-21(11-13)17(23)14-10-12(18)5-6-15(14)19/h5-7,9-10,13H,2-4,8,11H2,1H3. The topological polar surface area (TPSA) is 38.1 Å². The van der Waals surface area contributed by atoms with Crippen LogP contribution in [-0.2, 0) is 6.42 Å². The lowest BCUT2D eigenvalue weighted by molar-refractivity contribution is 0.0676. The zero-order chi connectivity index (χ0) is 16.4. The van der Waals surface area contributed by atoms with Gasteiger partial charge in [-0.05, 0) is 53.6 Å². The van der Waals surface area contributed by atoms with Crippen LogP contribution in [-0.4, -0.2) is 33.4 Å². The lowest BCUT2D eigenvalue weighted by atomic mass is 10.0. The number of benzene rings is 1. The summed E-state index contributed by atoms with van der Waals surface area (Å²) in [5.41, 5.74) is 0.451. The highest BCUT2D eigenvalue weighted by molar-refractivity contribution is 14.1. The first-order chi connectivity index (χ1) is 11.1. The summed E-state index contributed by atoms with van der Waals surface area (Å²) in [7, 11) is 0. The zero-order valence-electron chi connectivity index (χ0n) is 13.0. The molecule has 0 N–H and O–H groups in total. The Balaban J connectivity index is 1.81. The number of carbonyl (C=O) groups excluding carboxylic acids is 1. The number of aromatic nitrogens is 2. The zero-order valence-corrected chi connectivity index (χ0v) is 15.2. The van der Waals surface area contributed by atoms with Crippen LogP contribution < -0.4 is 0 Å². The van der Waals surface area contributed by atoms with E-state index in [-0.39, 0.29) is 17.8 Å². The average Bonchev–Trinajstić information content (AvgIpc) is 3.05. The van der Waals surface area contributed by atoms with Gasteiger partial charge in [0.25, 0.3) is 5.91 Å². The largest absolute Gasteiger partial charge is 0.337 e. The van der Waals surface area contributed by atoms with Gasteiger partial charge in [0, 0.05) is 35.5 Å². The van der Waals surface area contributed by atoms with Crippen LogP contribution in [0.15, 0.2) is 30.6 Å². The lowest BCUT2D eigenvalue weighted by Gasteiger charge is -2.34. The fourth-order valence-corrected chi connectivity index (χ4v) is 3.71. The highest BCUT2D eigenvalue weighted by atomic mass is 127. The molecule has 0 saturated carbocycles. The normalized spacial score (nSPS) is 18.2. The third-order valence-electron chi connectivity index (χ3n) is 4.30. The maximum atomic E-state index is 13.5. The summed E-state index contributed by atoms with van der Waals surface area (Å²) >= 11 is 2.09. The Hall–Kier alpha value is -1.44. The molecule has 4 nitrogen and oxygen atoms in total. The molecule has 6 heteroatoms. The van der Waals surface area contributed by atoms with Gasteiger partial charge in [-0.25, -0.2) is 9.37 Å². The van der Waals surface area contributed by atoms with Crippen molar-refractivity contribution >= 4 is 28.5 Å². The van der Waals surface area contributed by atoms with Crippen LogP contribution in [0.5, 0.6) is 0 Å². The van der Waals surface area contributed by atoms with Gasteiger partial charge < -0.3 is 9.47 Å². The van der Waals surface area contributed by atoms with Crippen molar-refractivity contribution in [1.29, 1.82) is 0 Å². The molecule has 1 aliphatic heterocycles. The molecule has 1 atom stereocenters. The molecule has 0 spiro atoms. The number of nitrogens with zero attached hydrogens (tertiary/aromatic N) is 3. The number of likely N-dealkylation sites (tertiary alicyclic amines) is 1. The number of hydrogen-bond acceptors (Lipinski definition) is 2. The van der Waals surface area contributed by atoms with Crippen LogP contribution in [0.3, 0.4) is 0 Å². The van der Waals surface area contributed by atoms with Crippen molar-refractivity contribution in [2.24, 2.45) is 0 Å². The number of halogens is 2. The van der Waals surface area contributed by atoms with E-state index in [1.165, 1.54) is 12.1 Å². The number of carbonyl (C=O) groups is 1. The number of aryl methyl sites for hydroxylation is 1. The second kappa shape index (κ2) is 6.98. The molecular formula is C17H19FIN3O. The summed E-state index contributed by atoms with van der Waals surface area (Å²) in [6, 6.07) is 4.62. The molecule has 23 heavy (non-hydrogen) atoms. The number of piperidine rings is 1. The summed E-state index contributed by atoms with van der Waals surface area (Å²) in [6.07, 6.45) is 6.66. The molecular weight excluding hydrogens is 408 g/mol. The minimum Gasteiger partial charge on any atom is -0.337 e. The lowest BCUT2D eigenvalue weighted by Crippen LogP contribution is -2.41.